The average molecular weight is 325 g/mol. The maximum atomic E-state index is 12.2. The molecule has 6 heteroatoms. The molecule has 0 saturated carbocycles. The maximum Gasteiger partial charge on any atom is 0.343 e. The Labute approximate surface area is 138 Å². The molecule has 0 aliphatic carbocycles. The highest BCUT2D eigenvalue weighted by Gasteiger charge is 2.35. The first-order valence-electron chi connectivity index (χ1n) is 7.47. The number of imide groups is 1. The van der Waals surface area contributed by atoms with Gasteiger partial charge in [0.25, 0.3) is 11.8 Å². The minimum absolute atomic E-state index is 0.246. The van der Waals surface area contributed by atoms with Crippen molar-refractivity contribution in [1.29, 1.82) is 0 Å². The summed E-state index contributed by atoms with van der Waals surface area (Å²) < 4.78 is 10.5. The first-order chi connectivity index (χ1) is 11.6. The Morgan fingerprint density at radius 2 is 1.54 bits per heavy atom. The van der Waals surface area contributed by atoms with Crippen molar-refractivity contribution in [3.05, 3.63) is 65.2 Å². The number of carbonyl (C=O) groups excluding carboxylic acids is 3. The number of ether oxygens (including phenoxy) is 2. The van der Waals surface area contributed by atoms with Crippen molar-refractivity contribution < 1.29 is 23.9 Å². The fourth-order valence-electron chi connectivity index (χ4n) is 2.47. The molecule has 122 valence electrons. The van der Waals surface area contributed by atoms with Gasteiger partial charge >= 0.3 is 5.97 Å². The van der Waals surface area contributed by atoms with Gasteiger partial charge in [-0.15, -0.1) is 0 Å². The van der Waals surface area contributed by atoms with Gasteiger partial charge < -0.3 is 9.47 Å². The van der Waals surface area contributed by atoms with Gasteiger partial charge in [0.2, 0.25) is 0 Å². The molecule has 2 aromatic carbocycles. The number of carbonyl (C=O) groups is 3. The minimum Gasteiger partial charge on any atom is -0.493 e. The Hall–Kier alpha value is -3.15. The Morgan fingerprint density at radius 3 is 2.17 bits per heavy atom. The predicted molar refractivity (Wildman–Crippen MR) is 84.8 cm³/mol. The van der Waals surface area contributed by atoms with Crippen LogP contribution in [0.2, 0.25) is 0 Å². The van der Waals surface area contributed by atoms with Crippen LogP contribution in [-0.2, 0) is 4.74 Å². The number of amides is 2. The van der Waals surface area contributed by atoms with Crippen LogP contribution in [0.3, 0.4) is 0 Å². The lowest BCUT2D eigenvalue weighted by atomic mass is 10.1. The second kappa shape index (κ2) is 6.54. The molecule has 3 rings (SSSR count). The van der Waals surface area contributed by atoms with Gasteiger partial charge in [0.1, 0.15) is 11.3 Å². The summed E-state index contributed by atoms with van der Waals surface area (Å²) in [5.74, 6) is -1.20. The maximum absolute atomic E-state index is 12.2. The van der Waals surface area contributed by atoms with Crippen molar-refractivity contribution in [2.24, 2.45) is 0 Å². The van der Waals surface area contributed by atoms with Gasteiger partial charge in [-0.05, 0) is 31.2 Å². The van der Waals surface area contributed by atoms with Gasteiger partial charge in [0.15, 0.2) is 6.73 Å². The quantitative estimate of drug-likeness (QED) is 0.624. The van der Waals surface area contributed by atoms with Gasteiger partial charge in [0, 0.05) is 0 Å². The molecule has 0 N–H and O–H groups in total. The van der Waals surface area contributed by atoms with Crippen LogP contribution in [0.15, 0.2) is 48.5 Å². The third kappa shape index (κ3) is 2.74. The Morgan fingerprint density at radius 1 is 0.958 bits per heavy atom. The molecule has 1 heterocycles. The second-order valence-corrected chi connectivity index (χ2v) is 5.07. The third-order valence-electron chi connectivity index (χ3n) is 3.61. The van der Waals surface area contributed by atoms with E-state index < -0.39 is 24.5 Å². The van der Waals surface area contributed by atoms with Crippen LogP contribution in [0.1, 0.15) is 38.0 Å². The zero-order valence-corrected chi connectivity index (χ0v) is 13.0. The third-order valence-corrected chi connectivity index (χ3v) is 3.61. The topological polar surface area (TPSA) is 72.9 Å². The molecule has 0 atom stereocenters. The molecule has 0 aromatic heterocycles. The summed E-state index contributed by atoms with van der Waals surface area (Å²) in [6, 6.07) is 13.1. The number of benzene rings is 2. The highest BCUT2D eigenvalue weighted by atomic mass is 16.5. The van der Waals surface area contributed by atoms with Gasteiger partial charge in [0.05, 0.1) is 17.7 Å². The fourth-order valence-corrected chi connectivity index (χ4v) is 2.47. The second-order valence-electron chi connectivity index (χ2n) is 5.07. The standard InChI is InChI=1S/C18H15NO5/c1-2-23-15-10-6-5-9-14(15)18(22)24-11-19-16(20)12-7-3-4-8-13(12)17(19)21/h3-10H,2,11H2,1H3. The molecule has 0 saturated heterocycles. The smallest absolute Gasteiger partial charge is 0.343 e. The molecule has 1 aliphatic heterocycles. The first kappa shape index (κ1) is 15.7. The van der Waals surface area contributed by atoms with Crippen LogP contribution >= 0.6 is 0 Å². The normalized spacial score (nSPS) is 13.0. The van der Waals surface area contributed by atoms with E-state index in [0.717, 1.165) is 4.90 Å². The lowest BCUT2D eigenvalue weighted by molar-refractivity contribution is 0.0226. The van der Waals surface area contributed by atoms with E-state index in [0.29, 0.717) is 23.5 Å². The zero-order chi connectivity index (χ0) is 17.1. The molecule has 0 fully saturated rings. The van der Waals surface area contributed by atoms with E-state index in [9.17, 15) is 14.4 Å². The van der Waals surface area contributed by atoms with Crippen molar-refractivity contribution in [3.63, 3.8) is 0 Å². The summed E-state index contributed by atoms with van der Waals surface area (Å²) in [6.45, 7) is 1.77. The van der Waals surface area contributed by atoms with Crippen LogP contribution in [0.5, 0.6) is 5.75 Å². The number of para-hydroxylation sites is 1. The van der Waals surface area contributed by atoms with Crippen LogP contribution < -0.4 is 4.74 Å². The summed E-state index contributed by atoms with van der Waals surface area (Å²) in [6.07, 6.45) is 0. The number of hydrogen-bond acceptors (Lipinski definition) is 5. The molecule has 0 radical (unpaired) electrons. The zero-order valence-electron chi connectivity index (χ0n) is 13.0. The lowest BCUT2D eigenvalue weighted by Crippen LogP contribution is -2.33. The molecule has 0 bridgehead atoms. The van der Waals surface area contributed by atoms with Crippen molar-refractivity contribution in [2.75, 3.05) is 13.3 Å². The van der Waals surface area contributed by atoms with E-state index in [2.05, 4.69) is 0 Å². The first-order valence-corrected chi connectivity index (χ1v) is 7.47. The number of rotatable bonds is 5. The summed E-state index contributed by atoms with van der Waals surface area (Å²) in [5.41, 5.74) is 0.873. The summed E-state index contributed by atoms with van der Waals surface area (Å²) in [5, 5.41) is 0. The van der Waals surface area contributed by atoms with E-state index in [1.807, 2.05) is 0 Å². The summed E-state index contributed by atoms with van der Waals surface area (Å²) >= 11 is 0. The number of nitrogens with zero attached hydrogens (tertiary/aromatic N) is 1. The molecule has 1 aliphatic rings. The summed E-state index contributed by atoms with van der Waals surface area (Å²) in [4.78, 5) is 37.6. The number of fused-ring (bicyclic) bond motifs is 1. The van der Waals surface area contributed by atoms with E-state index in [4.69, 9.17) is 9.47 Å². The predicted octanol–water partition coefficient (Wildman–Crippen LogP) is 2.50. The average Bonchev–Trinajstić information content (AvgIpc) is 2.85. The molecule has 24 heavy (non-hydrogen) atoms. The van der Waals surface area contributed by atoms with Crippen molar-refractivity contribution in [3.8, 4) is 5.75 Å². The van der Waals surface area contributed by atoms with Gasteiger partial charge in [-0.2, -0.15) is 0 Å². The summed E-state index contributed by atoms with van der Waals surface area (Å²) in [7, 11) is 0. The van der Waals surface area contributed by atoms with Gasteiger partial charge in [-0.3, -0.25) is 9.59 Å². The number of hydrogen-bond donors (Lipinski definition) is 0. The molecule has 0 unspecified atom stereocenters. The van der Waals surface area contributed by atoms with Crippen molar-refractivity contribution in [2.45, 2.75) is 6.92 Å². The Bertz CT molecular complexity index is 780. The van der Waals surface area contributed by atoms with Crippen LogP contribution in [0, 0.1) is 0 Å². The molecular weight excluding hydrogens is 310 g/mol. The number of esters is 1. The molecule has 0 spiro atoms. The largest absolute Gasteiger partial charge is 0.493 e. The van der Waals surface area contributed by atoms with Gasteiger partial charge in [-0.1, -0.05) is 24.3 Å². The molecule has 6 nitrogen and oxygen atoms in total. The van der Waals surface area contributed by atoms with E-state index in [1.54, 1.807) is 55.5 Å². The highest BCUT2D eigenvalue weighted by molar-refractivity contribution is 6.21. The van der Waals surface area contributed by atoms with Crippen LogP contribution in [0.4, 0.5) is 0 Å². The fraction of sp³-hybridized carbons (Fsp3) is 0.167. The SMILES string of the molecule is CCOc1ccccc1C(=O)OCN1C(=O)c2ccccc2C1=O. The molecular formula is C18H15NO5. The molecule has 2 aromatic rings. The molecule has 2 amide bonds. The van der Waals surface area contributed by atoms with Crippen LogP contribution in [-0.4, -0.2) is 36.0 Å². The lowest BCUT2D eigenvalue weighted by Gasteiger charge is -2.15. The van der Waals surface area contributed by atoms with E-state index in [-0.39, 0.29) is 5.56 Å². The Balaban J connectivity index is 1.72. The monoisotopic (exact) mass is 325 g/mol. The van der Waals surface area contributed by atoms with E-state index >= 15 is 0 Å². The van der Waals surface area contributed by atoms with Gasteiger partial charge in [-0.25, -0.2) is 9.69 Å². The van der Waals surface area contributed by atoms with Crippen molar-refractivity contribution >= 4 is 17.8 Å². The minimum atomic E-state index is -0.657. The van der Waals surface area contributed by atoms with Crippen LogP contribution in [0.25, 0.3) is 0 Å². The van der Waals surface area contributed by atoms with Crippen molar-refractivity contribution in [1.82, 2.24) is 4.90 Å². The van der Waals surface area contributed by atoms with E-state index in [1.165, 1.54) is 0 Å². The Kier molecular flexibility index (Phi) is 4.29. The highest BCUT2D eigenvalue weighted by Crippen LogP contribution is 2.23.